The highest BCUT2D eigenvalue weighted by Crippen LogP contribution is 2.25. The highest BCUT2D eigenvalue weighted by molar-refractivity contribution is 5.68. The summed E-state index contributed by atoms with van der Waals surface area (Å²) in [6.07, 6.45) is 3.03. The molecule has 1 aliphatic heterocycles. The Kier molecular flexibility index (Phi) is 7.09. The summed E-state index contributed by atoms with van der Waals surface area (Å²) in [5, 5.41) is 0. The number of hydrogen-bond donors (Lipinski definition) is 0. The third kappa shape index (κ3) is 5.36. The Morgan fingerprint density at radius 1 is 1.11 bits per heavy atom. The van der Waals surface area contributed by atoms with Crippen LogP contribution in [0.1, 0.15) is 24.0 Å². The van der Waals surface area contributed by atoms with Crippen LogP contribution < -0.4 is 4.74 Å². The van der Waals surface area contributed by atoms with Crippen LogP contribution in [0.15, 0.2) is 67.3 Å². The third-order valence-electron chi connectivity index (χ3n) is 4.90. The van der Waals surface area contributed by atoms with E-state index >= 15 is 0 Å². The van der Waals surface area contributed by atoms with Crippen molar-refractivity contribution < 1.29 is 19.0 Å². The second kappa shape index (κ2) is 9.95. The Bertz CT molecular complexity index is 760. The summed E-state index contributed by atoms with van der Waals surface area (Å²) >= 11 is 0. The molecule has 0 N–H and O–H groups in total. The predicted octanol–water partition coefficient (Wildman–Crippen LogP) is 4.57. The molecule has 28 heavy (non-hydrogen) atoms. The standard InChI is InChI=1S/C23H27NO4/c1-3-7-20-14-22(27-16-19-10-12-21(26-2)13-11-19)15-24(20)23(25)28-17-18-8-5-4-6-9-18/h3-6,8-13,20,22H,1,7,14-17H2,2H3/t20-,22-/m1/s1. The van der Waals surface area contributed by atoms with E-state index in [0.29, 0.717) is 13.2 Å². The van der Waals surface area contributed by atoms with E-state index in [0.717, 1.165) is 29.7 Å². The van der Waals surface area contributed by atoms with Gasteiger partial charge in [0, 0.05) is 6.04 Å². The number of amides is 1. The molecule has 0 spiro atoms. The number of likely N-dealkylation sites (tertiary alicyclic amines) is 1. The summed E-state index contributed by atoms with van der Waals surface area (Å²) in [5.41, 5.74) is 2.05. The van der Waals surface area contributed by atoms with Gasteiger partial charge in [0.2, 0.25) is 0 Å². The lowest BCUT2D eigenvalue weighted by Gasteiger charge is -2.22. The van der Waals surface area contributed by atoms with Crippen LogP contribution in [0.4, 0.5) is 4.79 Å². The average molecular weight is 381 g/mol. The van der Waals surface area contributed by atoms with E-state index < -0.39 is 0 Å². The van der Waals surface area contributed by atoms with Gasteiger partial charge in [0.05, 0.1) is 26.4 Å². The molecule has 1 saturated heterocycles. The molecule has 0 saturated carbocycles. The normalized spacial score (nSPS) is 18.7. The number of nitrogens with zero attached hydrogens (tertiary/aromatic N) is 1. The molecule has 1 fully saturated rings. The first-order valence-corrected chi connectivity index (χ1v) is 9.52. The van der Waals surface area contributed by atoms with Crippen molar-refractivity contribution in [2.45, 2.75) is 38.2 Å². The smallest absolute Gasteiger partial charge is 0.410 e. The quantitative estimate of drug-likeness (QED) is 0.629. The molecule has 0 aliphatic carbocycles. The summed E-state index contributed by atoms with van der Waals surface area (Å²) in [7, 11) is 1.65. The molecule has 1 heterocycles. The molecule has 2 aromatic carbocycles. The molecule has 0 bridgehead atoms. The van der Waals surface area contributed by atoms with Gasteiger partial charge < -0.3 is 19.1 Å². The van der Waals surface area contributed by atoms with Gasteiger partial charge in [0.25, 0.3) is 0 Å². The van der Waals surface area contributed by atoms with E-state index in [1.807, 2.05) is 60.7 Å². The Labute approximate surface area is 166 Å². The first kappa shape index (κ1) is 20.0. The summed E-state index contributed by atoms with van der Waals surface area (Å²) in [4.78, 5) is 14.4. The molecule has 5 heteroatoms. The number of ether oxygens (including phenoxy) is 3. The fraction of sp³-hybridized carbons (Fsp3) is 0.348. The maximum atomic E-state index is 12.6. The second-order valence-corrected chi connectivity index (χ2v) is 6.89. The van der Waals surface area contributed by atoms with E-state index in [4.69, 9.17) is 14.2 Å². The van der Waals surface area contributed by atoms with Gasteiger partial charge in [-0.3, -0.25) is 0 Å². The topological polar surface area (TPSA) is 48.0 Å². The molecule has 2 aromatic rings. The lowest BCUT2D eigenvalue weighted by Crippen LogP contribution is -2.36. The fourth-order valence-electron chi connectivity index (χ4n) is 3.37. The first-order valence-electron chi connectivity index (χ1n) is 9.52. The van der Waals surface area contributed by atoms with Gasteiger partial charge in [-0.1, -0.05) is 48.5 Å². The number of methoxy groups -OCH3 is 1. The number of hydrogen-bond acceptors (Lipinski definition) is 4. The zero-order valence-electron chi connectivity index (χ0n) is 16.3. The molecule has 1 aliphatic rings. The van der Waals surface area contributed by atoms with Crippen LogP contribution in [0, 0.1) is 0 Å². The van der Waals surface area contributed by atoms with Crippen molar-refractivity contribution in [3.05, 3.63) is 78.4 Å². The molecule has 1 amide bonds. The van der Waals surface area contributed by atoms with E-state index in [1.54, 1.807) is 12.0 Å². The summed E-state index contributed by atoms with van der Waals surface area (Å²) < 4.78 is 16.7. The second-order valence-electron chi connectivity index (χ2n) is 6.89. The van der Waals surface area contributed by atoms with E-state index in [1.165, 1.54) is 0 Å². The Morgan fingerprint density at radius 3 is 2.50 bits per heavy atom. The van der Waals surface area contributed by atoms with Gasteiger partial charge in [0.1, 0.15) is 12.4 Å². The van der Waals surface area contributed by atoms with Crippen LogP contribution >= 0.6 is 0 Å². The van der Waals surface area contributed by atoms with Crippen LogP contribution in [-0.4, -0.2) is 36.8 Å². The van der Waals surface area contributed by atoms with Crippen molar-refractivity contribution in [2.75, 3.05) is 13.7 Å². The molecule has 0 aromatic heterocycles. The van der Waals surface area contributed by atoms with Gasteiger partial charge in [-0.05, 0) is 36.1 Å². The maximum Gasteiger partial charge on any atom is 0.410 e. The largest absolute Gasteiger partial charge is 0.497 e. The minimum absolute atomic E-state index is 0.0173. The van der Waals surface area contributed by atoms with Crippen molar-refractivity contribution in [1.29, 1.82) is 0 Å². The number of rotatable bonds is 8. The van der Waals surface area contributed by atoms with Gasteiger partial charge in [0.15, 0.2) is 0 Å². The van der Waals surface area contributed by atoms with Crippen molar-refractivity contribution >= 4 is 6.09 Å². The average Bonchev–Trinajstić information content (AvgIpc) is 3.15. The SMILES string of the molecule is C=CC[C@@H]1C[C@@H](OCc2ccc(OC)cc2)CN1C(=O)OCc1ccccc1. The lowest BCUT2D eigenvalue weighted by atomic mass is 10.1. The van der Waals surface area contributed by atoms with Crippen molar-refractivity contribution in [1.82, 2.24) is 4.90 Å². The molecule has 0 unspecified atom stereocenters. The van der Waals surface area contributed by atoms with Crippen LogP contribution in [-0.2, 0) is 22.7 Å². The van der Waals surface area contributed by atoms with Gasteiger partial charge in [-0.15, -0.1) is 6.58 Å². The fourth-order valence-corrected chi connectivity index (χ4v) is 3.37. The number of benzene rings is 2. The highest BCUT2D eigenvalue weighted by Gasteiger charge is 2.36. The van der Waals surface area contributed by atoms with Gasteiger partial charge in [-0.25, -0.2) is 4.79 Å². The molecule has 148 valence electrons. The van der Waals surface area contributed by atoms with Crippen molar-refractivity contribution in [3.8, 4) is 5.75 Å². The Hall–Kier alpha value is -2.79. The molecule has 3 rings (SSSR count). The molecule has 5 nitrogen and oxygen atoms in total. The molecule has 0 radical (unpaired) electrons. The van der Waals surface area contributed by atoms with E-state index in [-0.39, 0.29) is 24.8 Å². The summed E-state index contributed by atoms with van der Waals surface area (Å²) in [6, 6.07) is 17.6. The minimum atomic E-state index is -0.300. The highest BCUT2D eigenvalue weighted by atomic mass is 16.6. The third-order valence-corrected chi connectivity index (χ3v) is 4.90. The number of carbonyl (C=O) groups is 1. The minimum Gasteiger partial charge on any atom is -0.497 e. The van der Waals surface area contributed by atoms with Crippen molar-refractivity contribution in [3.63, 3.8) is 0 Å². The summed E-state index contributed by atoms with van der Waals surface area (Å²) in [6.45, 7) is 5.12. The predicted molar refractivity (Wildman–Crippen MR) is 108 cm³/mol. The Morgan fingerprint density at radius 2 is 1.82 bits per heavy atom. The maximum absolute atomic E-state index is 12.6. The lowest BCUT2D eigenvalue weighted by molar-refractivity contribution is 0.0431. The number of carbonyl (C=O) groups excluding carboxylic acids is 1. The van der Waals surface area contributed by atoms with Crippen LogP contribution in [0.3, 0.4) is 0 Å². The molecule has 2 atom stereocenters. The van der Waals surface area contributed by atoms with Crippen LogP contribution in [0.5, 0.6) is 5.75 Å². The molecular weight excluding hydrogens is 354 g/mol. The van der Waals surface area contributed by atoms with Crippen molar-refractivity contribution in [2.24, 2.45) is 0 Å². The zero-order valence-corrected chi connectivity index (χ0v) is 16.3. The zero-order chi connectivity index (χ0) is 19.8. The van der Waals surface area contributed by atoms with Gasteiger partial charge >= 0.3 is 6.09 Å². The van der Waals surface area contributed by atoms with Crippen LogP contribution in [0.25, 0.3) is 0 Å². The Balaban J connectivity index is 1.53. The van der Waals surface area contributed by atoms with Crippen LogP contribution in [0.2, 0.25) is 0 Å². The van der Waals surface area contributed by atoms with E-state index in [9.17, 15) is 4.79 Å². The monoisotopic (exact) mass is 381 g/mol. The summed E-state index contributed by atoms with van der Waals surface area (Å²) in [5.74, 6) is 0.822. The van der Waals surface area contributed by atoms with Gasteiger partial charge in [-0.2, -0.15) is 0 Å². The molecular formula is C23H27NO4. The first-order chi connectivity index (χ1) is 13.7. The van der Waals surface area contributed by atoms with E-state index in [2.05, 4.69) is 6.58 Å².